The monoisotopic (exact) mass is 226 g/mol. The van der Waals surface area contributed by atoms with Gasteiger partial charge in [-0.2, -0.15) is 0 Å². The van der Waals surface area contributed by atoms with Gasteiger partial charge in [-0.3, -0.25) is 0 Å². The zero-order valence-corrected chi connectivity index (χ0v) is 10.4. The van der Waals surface area contributed by atoms with Crippen LogP contribution < -0.4 is 11.1 Å². The molecular formula is C13H26N2O. The molecule has 0 aromatic rings. The molecule has 0 amide bonds. The molecule has 4 N–H and O–H groups in total. The summed E-state index contributed by atoms with van der Waals surface area (Å²) in [4.78, 5) is 0. The molecule has 0 spiro atoms. The molecule has 0 aromatic heterocycles. The maximum atomic E-state index is 9.45. The first-order chi connectivity index (χ1) is 7.69. The number of aliphatic hydroxyl groups is 1. The van der Waals surface area contributed by atoms with Gasteiger partial charge < -0.3 is 16.2 Å². The smallest absolute Gasteiger partial charge is 0.0636 e. The quantitative estimate of drug-likeness (QED) is 0.639. The topological polar surface area (TPSA) is 58.3 Å². The van der Waals surface area contributed by atoms with Crippen molar-refractivity contribution in [3.8, 4) is 0 Å². The van der Waals surface area contributed by atoms with E-state index in [4.69, 9.17) is 5.73 Å². The Balaban J connectivity index is 2.02. The van der Waals surface area contributed by atoms with Gasteiger partial charge >= 0.3 is 0 Å². The summed E-state index contributed by atoms with van der Waals surface area (Å²) >= 11 is 0. The lowest BCUT2D eigenvalue weighted by Crippen LogP contribution is -2.65. The van der Waals surface area contributed by atoms with Gasteiger partial charge in [0.15, 0.2) is 0 Å². The van der Waals surface area contributed by atoms with Crippen LogP contribution in [0.4, 0.5) is 0 Å². The van der Waals surface area contributed by atoms with E-state index in [0.717, 1.165) is 18.4 Å². The van der Waals surface area contributed by atoms with Crippen LogP contribution >= 0.6 is 0 Å². The van der Waals surface area contributed by atoms with Crippen LogP contribution in [0.3, 0.4) is 0 Å². The molecule has 1 atom stereocenters. The number of rotatable bonds is 6. The van der Waals surface area contributed by atoms with Crippen molar-refractivity contribution in [2.24, 2.45) is 17.6 Å². The highest BCUT2D eigenvalue weighted by Gasteiger charge is 2.48. The van der Waals surface area contributed by atoms with Crippen molar-refractivity contribution in [3.63, 3.8) is 0 Å². The van der Waals surface area contributed by atoms with Crippen LogP contribution in [-0.2, 0) is 0 Å². The second-order valence-corrected chi connectivity index (χ2v) is 5.73. The average Bonchev–Trinajstić information content (AvgIpc) is 2.08. The van der Waals surface area contributed by atoms with Crippen molar-refractivity contribution >= 4 is 0 Å². The maximum Gasteiger partial charge on any atom is 0.0636 e. The van der Waals surface area contributed by atoms with E-state index in [1.54, 1.807) is 0 Å². The van der Waals surface area contributed by atoms with Crippen LogP contribution in [0, 0.1) is 11.8 Å². The highest BCUT2D eigenvalue weighted by atomic mass is 16.3. The van der Waals surface area contributed by atoms with Crippen molar-refractivity contribution in [3.05, 3.63) is 0 Å². The van der Waals surface area contributed by atoms with Crippen LogP contribution in [-0.4, -0.2) is 29.8 Å². The van der Waals surface area contributed by atoms with E-state index in [0.29, 0.717) is 6.54 Å². The van der Waals surface area contributed by atoms with Crippen LogP contribution in [0.5, 0.6) is 0 Å². The molecule has 0 aliphatic heterocycles. The minimum absolute atomic E-state index is 0.132. The highest BCUT2D eigenvalue weighted by Crippen LogP contribution is 2.46. The van der Waals surface area contributed by atoms with E-state index in [-0.39, 0.29) is 11.6 Å². The molecule has 16 heavy (non-hydrogen) atoms. The minimum atomic E-state index is -0.272. The molecule has 2 saturated carbocycles. The fourth-order valence-electron chi connectivity index (χ4n) is 3.21. The fourth-order valence-corrected chi connectivity index (χ4v) is 3.21. The third-order valence-corrected chi connectivity index (χ3v) is 4.73. The summed E-state index contributed by atoms with van der Waals surface area (Å²) in [6.45, 7) is 3.26. The molecule has 2 fully saturated rings. The number of β-amino-alcohol motifs (C(OH)–C–C–N with tert-alkyl or cyclic N) is 1. The summed E-state index contributed by atoms with van der Waals surface area (Å²) in [6, 6.07) is 0. The lowest BCUT2D eigenvalue weighted by Gasteiger charge is -2.53. The van der Waals surface area contributed by atoms with Gasteiger partial charge in [-0.15, -0.1) is 0 Å². The largest absolute Gasteiger partial charge is 0.392 e. The Morgan fingerprint density at radius 1 is 1.25 bits per heavy atom. The third kappa shape index (κ3) is 2.13. The van der Waals surface area contributed by atoms with E-state index < -0.39 is 0 Å². The van der Waals surface area contributed by atoms with E-state index in [9.17, 15) is 5.11 Å². The van der Waals surface area contributed by atoms with Crippen molar-refractivity contribution in [2.45, 2.75) is 57.1 Å². The van der Waals surface area contributed by atoms with E-state index in [2.05, 4.69) is 5.32 Å². The molecule has 2 aliphatic carbocycles. The Morgan fingerprint density at radius 2 is 1.75 bits per heavy atom. The highest BCUT2D eigenvalue weighted by molar-refractivity contribution is 5.05. The Bertz CT molecular complexity index is 208. The van der Waals surface area contributed by atoms with Crippen molar-refractivity contribution in [1.82, 2.24) is 5.32 Å². The summed E-state index contributed by atoms with van der Waals surface area (Å²) < 4.78 is 0. The predicted octanol–water partition coefficient (Wildman–Crippen LogP) is 1.25. The SMILES string of the molecule is CC(O)CNC(CN)(C1CCC1)C1CCC1. The van der Waals surface area contributed by atoms with Crippen LogP contribution in [0.25, 0.3) is 0 Å². The van der Waals surface area contributed by atoms with Crippen molar-refractivity contribution in [2.75, 3.05) is 13.1 Å². The maximum absolute atomic E-state index is 9.45. The van der Waals surface area contributed by atoms with Gasteiger partial charge in [0.2, 0.25) is 0 Å². The Morgan fingerprint density at radius 3 is 2.00 bits per heavy atom. The van der Waals surface area contributed by atoms with Gasteiger partial charge in [-0.05, 0) is 44.4 Å². The summed E-state index contributed by atoms with van der Waals surface area (Å²) in [6.07, 6.45) is 7.72. The Kier molecular flexibility index (Phi) is 3.88. The molecular weight excluding hydrogens is 200 g/mol. The Labute approximate surface area is 98.8 Å². The first kappa shape index (κ1) is 12.3. The molecule has 0 bridgehead atoms. The third-order valence-electron chi connectivity index (χ3n) is 4.73. The van der Waals surface area contributed by atoms with Crippen LogP contribution in [0.1, 0.15) is 45.4 Å². The Hall–Kier alpha value is -0.120. The molecule has 1 unspecified atom stereocenters. The van der Waals surface area contributed by atoms with Gasteiger partial charge in [-0.1, -0.05) is 12.8 Å². The zero-order chi connectivity index (χ0) is 11.6. The average molecular weight is 226 g/mol. The number of hydrogen-bond acceptors (Lipinski definition) is 3. The number of aliphatic hydroxyl groups excluding tert-OH is 1. The van der Waals surface area contributed by atoms with E-state index in [1.807, 2.05) is 6.92 Å². The molecule has 0 aromatic carbocycles. The lowest BCUT2D eigenvalue weighted by molar-refractivity contribution is 0.0233. The van der Waals surface area contributed by atoms with Crippen LogP contribution in [0.15, 0.2) is 0 Å². The summed E-state index contributed by atoms with van der Waals surface area (Å²) in [5, 5.41) is 13.1. The molecule has 94 valence electrons. The summed E-state index contributed by atoms with van der Waals surface area (Å²) in [7, 11) is 0. The summed E-state index contributed by atoms with van der Waals surface area (Å²) in [5.41, 5.74) is 6.20. The van der Waals surface area contributed by atoms with E-state index in [1.165, 1.54) is 38.5 Å². The number of nitrogens with one attached hydrogen (secondary N) is 1. The number of nitrogens with two attached hydrogens (primary N) is 1. The van der Waals surface area contributed by atoms with Crippen molar-refractivity contribution in [1.29, 1.82) is 0 Å². The second-order valence-electron chi connectivity index (χ2n) is 5.73. The molecule has 3 nitrogen and oxygen atoms in total. The first-order valence-electron chi connectivity index (χ1n) is 6.82. The second kappa shape index (κ2) is 5.03. The molecule has 2 aliphatic rings. The molecule has 3 heteroatoms. The first-order valence-corrected chi connectivity index (χ1v) is 6.82. The lowest BCUT2D eigenvalue weighted by atomic mass is 9.59. The zero-order valence-electron chi connectivity index (χ0n) is 10.4. The van der Waals surface area contributed by atoms with Crippen molar-refractivity contribution < 1.29 is 5.11 Å². The molecule has 0 saturated heterocycles. The van der Waals surface area contributed by atoms with Gasteiger partial charge in [-0.25, -0.2) is 0 Å². The van der Waals surface area contributed by atoms with Gasteiger partial charge in [0.1, 0.15) is 0 Å². The predicted molar refractivity (Wildman–Crippen MR) is 66.2 cm³/mol. The normalized spacial score (nSPS) is 24.9. The van der Waals surface area contributed by atoms with Crippen LogP contribution in [0.2, 0.25) is 0 Å². The van der Waals surface area contributed by atoms with Gasteiger partial charge in [0, 0.05) is 18.6 Å². The van der Waals surface area contributed by atoms with E-state index >= 15 is 0 Å². The summed E-state index contributed by atoms with van der Waals surface area (Å²) in [5.74, 6) is 1.50. The molecule has 2 rings (SSSR count). The minimum Gasteiger partial charge on any atom is -0.392 e. The molecule has 0 radical (unpaired) electrons. The van der Waals surface area contributed by atoms with Gasteiger partial charge in [0.25, 0.3) is 0 Å². The van der Waals surface area contributed by atoms with Gasteiger partial charge in [0.05, 0.1) is 6.10 Å². The number of hydrogen-bond donors (Lipinski definition) is 3. The molecule has 0 heterocycles. The fraction of sp³-hybridized carbons (Fsp3) is 1.00. The standard InChI is InChI=1S/C13H26N2O/c1-10(16)8-15-13(9-14,11-4-2-5-11)12-6-3-7-12/h10-12,15-16H,2-9,14H2,1H3.